The Labute approximate surface area is 146 Å². The monoisotopic (exact) mass is 343 g/mol. The van der Waals surface area contributed by atoms with Crippen molar-refractivity contribution in [2.24, 2.45) is 0 Å². The number of ether oxygens (including phenoxy) is 1. The van der Waals surface area contributed by atoms with Crippen molar-refractivity contribution < 1.29 is 9.53 Å². The summed E-state index contributed by atoms with van der Waals surface area (Å²) in [5.41, 5.74) is 1.17. The van der Waals surface area contributed by atoms with Gasteiger partial charge in [0.05, 0.1) is 12.9 Å². The van der Waals surface area contributed by atoms with Gasteiger partial charge in [-0.25, -0.2) is 0 Å². The zero-order chi connectivity index (χ0) is 16.8. The zero-order valence-electron chi connectivity index (χ0n) is 13.7. The molecule has 1 aromatic heterocycles. The molecule has 2 heterocycles. The highest BCUT2D eigenvalue weighted by Gasteiger charge is 2.21. The van der Waals surface area contributed by atoms with E-state index in [1.807, 2.05) is 41.3 Å². The molecule has 5 nitrogen and oxygen atoms in total. The number of rotatable bonds is 5. The fourth-order valence-corrected chi connectivity index (χ4v) is 3.48. The minimum atomic E-state index is 0.199. The lowest BCUT2D eigenvalue weighted by atomic mass is 10.2. The third-order valence-corrected chi connectivity index (χ3v) is 5.08. The molecule has 0 saturated carbocycles. The molecule has 0 bridgehead atoms. The molecule has 0 N–H and O–H groups in total. The van der Waals surface area contributed by atoms with Crippen LogP contribution in [0, 0.1) is 0 Å². The van der Waals surface area contributed by atoms with Gasteiger partial charge in [-0.1, -0.05) is 0 Å². The van der Waals surface area contributed by atoms with Gasteiger partial charge in [0.15, 0.2) is 0 Å². The molecule has 1 aliphatic heterocycles. The number of methoxy groups -OCH3 is 1. The van der Waals surface area contributed by atoms with Crippen LogP contribution in [0.1, 0.15) is 0 Å². The summed E-state index contributed by atoms with van der Waals surface area (Å²) in [5, 5.41) is 0. The summed E-state index contributed by atoms with van der Waals surface area (Å²) in [6, 6.07) is 11.8. The van der Waals surface area contributed by atoms with Crippen LogP contribution in [0.2, 0.25) is 0 Å². The fourth-order valence-electron chi connectivity index (χ4n) is 2.68. The third-order valence-electron chi connectivity index (χ3n) is 4.08. The Morgan fingerprint density at radius 2 is 1.75 bits per heavy atom. The van der Waals surface area contributed by atoms with Gasteiger partial charge in [0, 0.05) is 49.2 Å². The Balaban J connectivity index is 1.46. The number of nitrogens with zero attached hydrogens (tertiary/aromatic N) is 3. The molecule has 3 rings (SSSR count). The average molecular weight is 343 g/mol. The molecule has 0 radical (unpaired) electrons. The molecule has 0 aliphatic carbocycles. The van der Waals surface area contributed by atoms with Crippen molar-refractivity contribution in [3.8, 4) is 5.75 Å². The first-order chi connectivity index (χ1) is 11.8. The summed E-state index contributed by atoms with van der Waals surface area (Å²) >= 11 is 1.57. The fraction of sp³-hybridized carbons (Fsp3) is 0.333. The van der Waals surface area contributed by atoms with Gasteiger partial charge in [0.25, 0.3) is 0 Å². The predicted octanol–water partition coefficient (Wildman–Crippen LogP) is 2.53. The molecule has 1 saturated heterocycles. The van der Waals surface area contributed by atoms with E-state index in [0.717, 1.165) is 36.8 Å². The van der Waals surface area contributed by atoms with Crippen molar-refractivity contribution in [1.29, 1.82) is 0 Å². The Morgan fingerprint density at radius 3 is 2.38 bits per heavy atom. The van der Waals surface area contributed by atoms with Gasteiger partial charge in [0.2, 0.25) is 5.91 Å². The summed E-state index contributed by atoms with van der Waals surface area (Å²) < 4.78 is 5.14. The number of amides is 1. The minimum Gasteiger partial charge on any atom is -0.497 e. The minimum absolute atomic E-state index is 0.199. The van der Waals surface area contributed by atoms with Crippen molar-refractivity contribution in [1.82, 2.24) is 9.88 Å². The van der Waals surface area contributed by atoms with E-state index >= 15 is 0 Å². The van der Waals surface area contributed by atoms with Crippen LogP contribution in [0.15, 0.2) is 53.7 Å². The lowest BCUT2D eigenvalue weighted by Crippen LogP contribution is -2.49. The maximum atomic E-state index is 12.4. The third kappa shape index (κ3) is 4.20. The average Bonchev–Trinajstić information content (AvgIpc) is 2.67. The molecule has 1 aliphatic rings. The second kappa shape index (κ2) is 8.06. The summed E-state index contributed by atoms with van der Waals surface area (Å²) in [6.45, 7) is 3.26. The van der Waals surface area contributed by atoms with Gasteiger partial charge >= 0.3 is 0 Å². The molecule has 1 amide bonds. The first-order valence-corrected chi connectivity index (χ1v) is 8.94. The first-order valence-electron chi connectivity index (χ1n) is 7.96. The van der Waals surface area contributed by atoms with Gasteiger partial charge in [-0.3, -0.25) is 9.78 Å². The number of carbonyl (C=O) groups is 1. The predicted molar refractivity (Wildman–Crippen MR) is 96.7 cm³/mol. The first kappa shape index (κ1) is 16.6. The van der Waals surface area contributed by atoms with E-state index in [1.54, 1.807) is 31.3 Å². The highest BCUT2D eigenvalue weighted by Crippen LogP contribution is 2.22. The summed E-state index contributed by atoms with van der Waals surface area (Å²) in [5.74, 6) is 1.50. The highest BCUT2D eigenvalue weighted by molar-refractivity contribution is 8.00. The Bertz CT molecular complexity index is 656. The van der Waals surface area contributed by atoms with Gasteiger partial charge in [-0.15, -0.1) is 11.8 Å². The summed E-state index contributed by atoms with van der Waals surface area (Å²) in [4.78, 5) is 21.8. The van der Waals surface area contributed by atoms with Gasteiger partial charge in [-0.05, 0) is 36.4 Å². The van der Waals surface area contributed by atoms with Crippen LogP contribution < -0.4 is 9.64 Å². The van der Waals surface area contributed by atoms with E-state index in [1.165, 1.54) is 5.69 Å². The number of hydrogen-bond acceptors (Lipinski definition) is 5. The van der Waals surface area contributed by atoms with Crippen LogP contribution in [-0.4, -0.2) is 54.8 Å². The largest absolute Gasteiger partial charge is 0.497 e. The van der Waals surface area contributed by atoms with Crippen LogP contribution in [0.25, 0.3) is 0 Å². The van der Waals surface area contributed by atoms with Crippen molar-refractivity contribution >= 4 is 23.4 Å². The van der Waals surface area contributed by atoms with Crippen molar-refractivity contribution in [3.63, 3.8) is 0 Å². The summed E-state index contributed by atoms with van der Waals surface area (Å²) in [7, 11) is 1.65. The topological polar surface area (TPSA) is 45.7 Å². The molecular weight excluding hydrogens is 322 g/mol. The molecule has 1 aromatic carbocycles. The number of benzene rings is 1. The number of pyridine rings is 1. The normalized spacial score (nSPS) is 14.5. The van der Waals surface area contributed by atoms with Gasteiger partial charge < -0.3 is 14.5 Å². The van der Waals surface area contributed by atoms with E-state index in [2.05, 4.69) is 9.88 Å². The highest BCUT2D eigenvalue weighted by atomic mass is 32.2. The SMILES string of the molecule is COc1ccc(SCC(=O)N2CCN(c3ccncc3)CC2)cc1. The van der Waals surface area contributed by atoms with Gasteiger partial charge in [0.1, 0.15) is 5.75 Å². The number of aromatic nitrogens is 1. The van der Waals surface area contributed by atoms with Crippen LogP contribution >= 0.6 is 11.8 Å². The van der Waals surface area contributed by atoms with E-state index in [9.17, 15) is 4.79 Å². The van der Waals surface area contributed by atoms with Crippen LogP contribution in [-0.2, 0) is 4.79 Å². The van der Waals surface area contributed by atoms with Crippen LogP contribution in [0.4, 0.5) is 5.69 Å². The number of anilines is 1. The lowest BCUT2D eigenvalue weighted by molar-refractivity contribution is -0.128. The standard InChI is InChI=1S/C18H21N3O2S/c1-23-16-2-4-17(5-3-16)24-14-18(22)21-12-10-20(11-13-21)15-6-8-19-9-7-15/h2-9H,10-14H2,1H3. The lowest BCUT2D eigenvalue weighted by Gasteiger charge is -2.36. The smallest absolute Gasteiger partial charge is 0.233 e. The number of hydrogen-bond donors (Lipinski definition) is 0. The zero-order valence-corrected chi connectivity index (χ0v) is 14.5. The molecule has 2 aromatic rings. The Morgan fingerprint density at radius 1 is 1.08 bits per heavy atom. The quantitative estimate of drug-likeness (QED) is 0.781. The van der Waals surface area contributed by atoms with E-state index < -0.39 is 0 Å². The molecule has 24 heavy (non-hydrogen) atoms. The van der Waals surface area contributed by atoms with Crippen LogP contribution in [0.5, 0.6) is 5.75 Å². The van der Waals surface area contributed by atoms with E-state index in [-0.39, 0.29) is 5.91 Å². The molecular formula is C18H21N3O2S. The Hall–Kier alpha value is -2.21. The Kier molecular flexibility index (Phi) is 5.59. The van der Waals surface area contributed by atoms with Crippen molar-refractivity contribution in [2.75, 3.05) is 43.9 Å². The maximum absolute atomic E-state index is 12.4. The van der Waals surface area contributed by atoms with Crippen LogP contribution in [0.3, 0.4) is 0 Å². The van der Waals surface area contributed by atoms with Gasteiger partial charge in [-0.2, -0.15) is 0 Å². The molecule has 126 valence electrons. The second-order valence-electron chi connectivity index (χ2n) is 5.54. The van der Waals surface area contributed by atoms with E-state index in [0.29, 0.717) is 5.75 Å². The maximum Gasteiger partial charge on any atom is 0.233 e. The van der Waals surface area contributed by atoms with Crippen molar-refractivity contribution in [3.05, 3.63) is 48.8 Å². The number of carbonyl (C=O) groups excluding carboxylic acids is 1. The summed E-state index contributed by atoms with van der Waals surface area (Å²) in [6.07, 6.45) is 3.61. The number of thioether (sulfide) groups is 1. The molecule has 1 fully saturated rings. The molecule has 6 heteroatoms. The number of piperazine rings is 1. The molecule has 0 spiro atoms. The molecule has 0 unspecified atom stereocenters. The molecule has 0 atom stereocenters. The van der Waals surface area contributed by atoms with Crippen molar-refractivity contribution in [2.45, 2.75) is 4.90 Å². The van der Waals surface area contributed by atoms with E-state index in [4.69, 9.17) is 4.74 Å². The second-order valence-corrected chi connectivity index (χ2v) is 6.59.